The monoisotopic (exact) mass is 273 g/mol. The molecular formula is C14H18F3NO. The normalized spacial score (nSPS) is 24.4. The summed E-state index contributed by atoms with van der Waals surface area (Å²) in [6.07, 6.45) is -1.48. The van der Waals surface area contributed by atoms with Gasteiger partial charge in [-0.1, -0.05) is 18.2 Å². The predicted octanol–water partition coefficient (Wildman–Crippen LogP) is 3.10. The third kappa shape index (κ3) is 3.94. The van der Waals surface area contributed by atoms with Crippen LogP contribution in [0.4, 0.5) is 13.2 Å². The molecule has 0 aliphatic heterocycles. The average molecular weight is 273 g/mol. The Labute approximate surface area is 110 Å². The van der Waals surface area contributed by atoms with Gasteiger partial charge < -0.3 is 10.4 Å². The van der Waals surface area contributed by atoms with E-state index in [0.29, 0.717) is 0 Å². The maximum Gasteiger partial charge on any atom is 0.416 e. The van der Waals surface area contributed by atoms with E-state index in [1.807, 2.05) is 0 Å². The molecule has 1 aliphatic rings. The van der Waals surface area contributed by atoms with Gasteiger partial charge >= 0.3 is 6.18 Å². The van der Waals surface area contributed by atoms with Crippen LogP contribution in [0, 0.1) is 0 Å². The van der Waals surface area contributed by atoms with E-state index < -0.39 is 11.7 Å². The molecule has 106 valence electrons. The smallest absolute Gasteiger partial charge is 0.393 e. The average Bonchev–Trinajstić information content (AvgIpc) is 2.37. The van der Waals surface area contributed by atoms with Crippen molar-refractivity contribution in [1.82, 2.24) is 5.32 Å². The Hall–Kier alpha value is -1.07. The highest BCUT2D eigenvalue weighted by molar-refractivity contribution is 5.29. The van der Waals surface area contributed by atoms with Gasteiger partial charge in [0.05, 0.1) is 11.7 Å². The van der Waals surface area contributed by atoms with Gasteiger partial charge in [0.25, 0.3) is 0 Å². The number of rotatable bonds is 3. The van der Waals surface area contributed by atoms with E-state index in [0.717, 1.165) is 31.7 Å². The maximum atomic E-state index is 12.8. The summed E-state index contributed by atoms with van der Waals surface area (Å²) in [5.74, 6) is 0. The van der Waals surface area contributed by atoms with E-state index in [-0.39, 0.29) is 24.3 Å². The molecule has 5 heteroatoms. The summed E-state index contributed by atoms with van der Waals surface area (Å²) >= 11 is 0. The molecule has 19 heavy (non-hydrogen) atoms. The molecule has 0 aromatic heterocycles. The van der Waals surface area contributed by atoms with Gasteiger partial charge in [0, 0.05) is 12.6 Å². The molecule has 0 spiro atoms. The molecule has 1 aromatic rings. The molecule has 0 atom stereocenters. The van der Waals surface area contributed by atoms with Crippen LogP contribution in [0.25, 0.3) is 0 Å². The summed E-state index contributed by atoms with van der Waals surface area (Å²) in [7, 11) is 0. The van der Waals surface area contributed by atoms with Crippen LogP contribution in [0.15, 0.2) is 24.3 Å². The fourth-order valence-corrected chi connectivity index (χ4v) is 2.49. The van der Waals surface area contributed by atoms with Gasteiger partial charge in [-0.15, -0.1) is 0 Å². The second-order valence-electron chi connectivity index (χ2n) is 5.04. The zero-order valence-corrected chi connectivity index (χ0v) is 10.6. The van der Waals surface area contributed by atoms with Crippen molar-refractivity contribution in [2.24, 2.45) is 0 Å². The molecule has 2 rings (SSSR count). The summed E-state index contributed by atoms with van der Waals surface area (Å²) in [5, 5.41) is 12.5. The van der Waals surface area contributed by atoms with Gasteiger partial charge in [0.15, 0.2) is 0 Å². The van der Waals surface area contributed by atoms with Crippen molar-refractivity contribution in [1.29, 1.82) is 0 Å². The van der Waals surface area contributed by atoms with Crippen molar-refractivity contribution in [3.05, 3.63) is 35.4 Å². The second-order valence-corrected chi connectivity index (χ2v) is 5.04. The van der Waals surface area contributed by atoms with Gasteiger partial charge in [-0.25, -0.2) is 0 Å². The Kier molecular flexibility index (Phi) is 4.47. The van der Waals surface area contributed by atoms with Crippen molar-refractivity contribution < 1.29 is 18.3 Å². The first-order valence-electron chi connectivity index (χ1n) is 6.53. The molecule has 2 N–H and O–H groups in total. The van der Waals surface area contributed by atoms with Crippen LogP contribution in [0.2, 0.25) is 0 Å². The van der Waals surface area contributed by atoms with E-state index in [2.05, 4.69) is 5.32 Å². The number of alkyl halides is 3. The fraction of sp³-hybridized carbons (Fsp3) is 0.571. The molecule has 1 aromatic carbocycles. The summed E-state index contributed by atoms with van der Waals surface area (Å²) in [6.45, 7) is 0.219. The van der Waals surface area contributed by atoms with Crippen LogP contribution in [-0.2, 0) is 12.7 Å². The Morgan fingerprint density at radius 3 is 2.37 bits per heavy atom. The highest BCUT2D eigenvalue weighted by Crippen LogP contribution is 2.32. The lowest BCUT2D eigenvalue weighted by atomic mass is 9.93. The molecule has 0 unspecified atom stereocenters. The second kappa shape index (κ2) is 5.92. The van der Waals surface area contributed by atoms with E-state index in [1.54, 1.807) is 6.07 Å². The third-order valence-corrected chi connectivity index (χ3v) is 3.60. The zero-order valence-electron chi connectivity index (χ0n) is 10.6. The van der Waals surface area contributed by atoms with Crippen molar-refractivity contribution in [2.45, 2.75) is 50.6 Å². The fourth-order valence-electron chi connectivity index (χ4n) is 2.49. The Morgan fingerprint density at radius 2 is 1.74 bits per heavy atom. The van der Waals surface area contributed by atoms with Crippen molar-refractivity contribution in [2.75, 3.05) is 0 Å². The molecular weight excluding hydrogens is 255 g/mol. The SMILES string of the molecule is OC1CCC(NCc2ccccc2C(F)(F)F)CC1. The van der Waals surface area contributed by atoms with Crippen molar-refractivity contribution >= 4 is 0 Å². The Bertz CT molecular complexity index is 411. The summed E-state index contributed by atoms with van der Waals surface area (Å²) in [6, 6.07) is 5.85. The number of hydrogen-bond donors (Lipinski definition) is 2. The molecule has 0 amide bonds. The van der Waals surface area contributed by atoms with Gasteiger partial charge in [-0.2, -0.15) is 13.2 Å². The molecule has 2 nitrogen and oxygen atoms in total. The summed E-state index contributed by atoms with van der Waals surface area (Å²) in [4.78, 5) is 0. The van der Waals surface area contributed by atoms with Crippen LogP contribution in [0.1, 0.15) is 36.8 Å². The lowest BCUT2D eigenvalue weighted by Gasteiger charge is -2.26. The van der Waals surface area contributed by atoms with Gasteiger partial charge in [0.2, 0.25) is 0 Å². The van der Waals surface area contributed by atoms with Crippen LogP contribution in [0.3, 0.4) is 0 Å². The van der Waals surface area contributed by atoms with E-state index >= 15 is 0 Å². The first kappa shape index (κ1) is 14.3. The van der Waals surface area contributed by atoms with Gasteiger partial charge in [0.1, 0.15) is 0 Å². The number of aliphatic hydroxyl groups excluding tert-OH is 1. The molecule has 0 radical (unpaired) electrons. The van der Waals surface area contributed by atoms with E-state index in [9.17, 15) is 18.3 Å². The minimum absolute atomic E-state index is 0.199. The van der Waals surface area contributed by atoms with E-state index in [4.69, 9.17) is 0 Å². The van der Waals surface area contributed by atoms with Crippen LogP contribution < -0.4 is 5.32 Å². The van der Waals surface area contributed by atoms with Crippen LogP contribution in [0.5, 0.6) is 0 Å². The van der Waals surface area contributed by atoms with Crippen molar-refractivity contribution in [3.63, 3.8) is 0 Å². The molecule has 1 aliphatic carbocycles. The van der Waals surface area contributed by atoms with Crippen LogP contribution >= 0.6 is 0 Å². The van der Waals surface area contributed by atoms with Crippen molar-refractivity contribution in [3.8, 4) is 0 Å². The third-order valence-electron chi connectivity index (χ3n) is 3.60. The zero-order chi connectivity index (χ0) is 13.9. The number of halogens is 3. The number of nitrogens with one attached hydrogen (secondary N) is 1. The first-order valence-corrected chi connectivity index (χ1v) is 6.53. The minimum atomic E-state index is -4.30. The molecule has 0 heterocycles. The molecule has 1 saturated carbocycles. The number of aliphatic hydroxyl groups is 1. The summed E-state index contributed by atoms with van der Waals surface area (Å²) < 4.78 is 38.4. The standard InChI is InChI=1S/C14H18F3NO/c15-14(16,17)13-4-2-1-3-10(13)9-18-11-5-7-12(19)8-6-11/h1-4,11-12,18-19H,5-9H2. The maximum absolute atomic E-state index is 12.8. The first-order chi connectivity index (χ1) is 8.97. The lowest BCUT2D eigenvalue weighted by Crippen LogP contribution is -2.34. The molecule has 0 bridgehead atoms. The van der Waals surface area contributed by atoms with Gasteiger partial charge in [-0.05, 0) is 37.3 Å². The minimum Gasteiger partial charge on any atom is -0.393 e. The molecule has 0 saturated heterocycles. The number of benzene rings is 1. The number of hydrogen-bond acceptors (Lipinski definition) is 2. The summed E-state index contributed by atoms with van der Waals surface area (Å²) in [5.41, 5.74) is -0.292. The largest absolute Gasteiger partial charge is 0.416 e. The lowest BCUT2D eigenvalue weighted by molar-refractivity contribution is -0.138. The highest BCUT2D eigenvalue weighted by Gasteiger charge is 2.32. The van der Waals surface area contributed by atoms with E-state index in [1.165, 1.54) is 12.1 Å². The quantitative estimate of drug-likeness (QED) is 0.887. The Balaban J connectivity index is 1.96. The Morgan fingerprint density at radius 1 is 1.11 bits per heavy atom. The van der Waals surface area contributed by atoms with Crippen LogP contribution in [-0.4, -0.2) is 17.3 Å². The predicted molar refractivity (Wildman–Crippen MR) is 66.5 cm³/mol. The highest BCUT2D eigenvalue weighted by atomic mass is 19.4. The van der Waals surface area contributed by atoms with Gasteiger partial charge in [-0.3, -0.25) is 0 Å². The molecule has 1 fully saturated rings. The topological polar surface area (TPSA) is 32.3 Å².